The van der Waals surface area contributed by atoms with Gasteiger partial charge in [0.1, 0.15) is 11.5 Å². The van der Waals surface area contributed by atoms with Crippen LogP contribution in [0.4, 0.5) is 0 Å². The smallest absolute Gasteiger partial charge is 0.343 e. The van der Waals surface area contributed by atoms with Crippen LogP contribution in [0.3, 0.4) is 0 Å². The average molecular weight is 405 g/mol. The molecule has 5 heteroatoms. The van der Waals surface area contributed by atoms with Gasteiger partial charge in [-0.25, -0.2) is 4.79 Å². The number of ketones is 1. The summed E-state index contributed by atoms with van der Waals surface area (Å²) in [6.45, 7) is 3.77. The highest BCUT2D eigenvalue weighted by atomic mass is 35.5. The van der Waals surface area contributed by atoms with Crippen LogP contribution in [0.1, 0.15) is 37.4 Å². The van der Waals surface area contributed by atoms with Crippen LogP contribution < -0.4 is 9.47 Å². The molecule has 1 heterocycles. The molecule has 0 bridgehead atoms. The molecule has 29 heavy (non-hydrogen) atoms. The van der Waals surface area contributed by atoms with E-state index >= 15 is 0 Å². The van der Waals surface area contributed by atoms with Gasteiger partial charge in [0, 0.05) is 11.1 Å². The normalized spacial score (nSPS) is 13.9. The van der Waals surface area contributed by atoms with Crippen LogP contribution in [-0.4, -0.2) is 11.8 Å². The highest BCUT2D eigenvalue weighted by Gasteiger charge is 2.30. The summed E-state index contributed by atoms with van der Waals surface area (Å²) in [5.74, 6) is 0.198. The molecule has 3 aromatic carbocycles. The number of Topliss-reactive ketones (excluding diaryl/α,β-unsaturated/α-hetero) is 1. The summed E-state index contributed by atoms with van der Waals surface area (Å²) in [5, 5.41) is 0.449. The highest BCUT2D eigenvalue weighted by molar-refractivity contribution is 6.30. The Morgan fingerprint density at radius 3 is 2.59 bits per heavy atom. The Balaban J connectivity index is 1.61. The van der Waals surface area contributed by atoms with Gasteiger partial charge in [-0.3, -0.25) is 4.79 Å². The van der Waals surface area contributed by atoms with E-state index in [4.69, 9.17) is 21.1 Å². The molecule has 1 aliphatic heterocycles. The van der Waals surface area contributed by atoms with Gasteiger partial charge in [0.15, 0.2) is 5.76 Å². The number of benzene rings is 3. The number of hydrogen-bond donors (Lipinski definition) is 0. The van der Waals surface area contributed by atoms with E-state index in [-0.39, 0.29) is 11.5 Å². The molecule has 4 rings (SSSR count). The standard InChI is InChI=1S/C24H17ClO4/c1-14-5-3-6-16(9-14)11-21-23(26)22-15(2)10-19(13-20(22)29-21)28-24(27)17-7-4-8-18(25)12-17/h3-13H,1-2H3/b21-11-. The predicted molar refractivity (Wildman–Crippen MR) is 112 cm³/mol. The number of carbonyl (C=O) groups is 2. The molecule has 0 saturated carbocycles. The summed E-state index contributed by atoms with van der Waals surface area (Å²) in [6, 6.07) is 17.5. The van der Waals surface area contributed by atoms with Gasteiger partial charge in [-0.2, -0.15) is 0 Å². The van der Waals surface area contributed by atoms with Gasteiger partial charge < -0.3 is 9.47 Å². The van der Waals surface area contributed by atoms with E-state index in [1.54, 1.807) is 43.3 Å². The Kier molecular flexibility index (Phi) is 4.95. The third-order valence-corrected chi connectivity index (χ3v) is 4.79. The molecule has 0 unspecified atom stereocenters. The van der Waals surface area contributed by atoms with Crippen molar-refractivity contribution in [3.8, 4) is 11.5 Å². The monoisotopic (exact) mass is 404 g/mol. The number of esters is 1. The Labute approximate surface area is 173 Å². The lowest BCUT2D eigenvalue weighted by Gasteiger charge is -2.08. The summed E-state index contributed by atoms with van der Waals surface area (Å²) in [7, 11) is 0. The van der Waals surface area contributed by atoms with Crippen LogP contribution in [0.2, 0.25) is 5.02 Å². The largest absolute Gasteiger partial charge is 0.452 e. The minimum atomic E-state index is -0.535. The number of allylic oxidation sites excluding steroid dienone is 1. The molecule has 0 aliphatic carbocycles. The van der Waals surface area contributed by atoms with Gasteiger partial charge in [0.2, 0.25) is 5.78 Å². The molecule has 144 valence electrons. The molecule has 1 aliphatic rings. The maximum atomic E-state index is 12.8. The summed E-state index contributed by atoms with van der Waals surface area (Å²) >= 11 is 5.93. The first-order valence-electron chi connectivity index (χ1n) is 9.04. The summed E-state index contributed by atoms with van der Waals surface area (Å²) in [6.07, 6.45) is 1.71. The van der Waals surface area contributed by atoms with Crippen molar-refractivity contribution in [3.63, 3.8) is 0 Å². The molecule has 0 amide bonds. The number of carbonyl (C=O) groups excluding carboxylic acids is 2. The van der Waals surface area contributed by atoms with E-state index in [9.17, 15) is 9.59 Å². The third-order valence-electron chi connectivity index (χ3n) is 4.55. The number of aryl methyl sites for hydroxylation is 2. The molecule has 0 radical (unpaired) electrons. The molecule has 0 saturated heterocycles. The van der Waals surface area contributed by atoms with E-state index in [0.29, 0.717) is 33.2 Å². The van der Waals surface area contributed by atoms with Crippen molar-refractivity contribution in [2.45, 2.75) is 13.8 Å². The number of fused-ring (bicyclic) bond motifs is 1. The molecule has 0 spiro atoms. The van der Waals surface area contributed by atoms with E-state index in [2.05, 4.69) is 0 Å². The van der Waals surface area contributed by atoms with Gasteiger partial charge in [0.25, 0.3) is 0 Å². The third kappa shape index (κ3) is 3.93. The van der Waals surface area contributed by atoms with E-state index in [1.165, 1.54) is 6.07 Å². The Bertz CT molecular complexity index is 1180. The first kappa shape index (κ1) is 19.0. The quantitative estimate of drug-likeness (QED) is 0.315. The molecular weight excluding hydrogens is 388 g/mol. The van der Waals surface area contributed by atoms with Crippen molar-refractivity contribution in [1.29, 1.82) is 0 Å². The first-order valence-corrected chi connectivity index (χ1v) is 9.42. The fraction of sp³-hybridized carbons (Fsp3) is 0.0833. The second-order valence-corrected chi connectivity index (χ2v) is 7.30. The minimum Gasteiger partial charge on any atom is -0.452 e. The van der Waals surface area contributed by atoms with Crippen molar-refractivity contribution in [2.75, 3.05) is 0 Å². The molecule has 0 aromatic heterocycles. The fourth-order valence-electron chi connectivity index (χ4n) is 3.23. The van der Waals surface area contributed by atoms with Crippen molar-refractivity contribution < 1.29 is 19.1 Å². The SMILES string of the molecule is Cc1cccc(/C=C2\Oc3cc(OC(=O)c4cccc(Cl)c4)cc(C)c3C2=O)c1. The van der Waals surface area contributed by atoms with E-state index in [0.717, 1.165) is 11.1 Å². The van der Waals surface area contributed by atoms with Crippen LogP contribution >= 0.6 is 11.6 Å². The van der Waals surface area contributed by atoms with Crippen molar-refractivity contribution in [2.24, 2.45) is 0 Å². The number of rotatable bonds is 3. The maximum absolute atomic E-state index is 12.8. The summed E-state index contributed by atoms with van der Waals surface area (Å²) < 4.78 is 11.2. The van der Waals surface area contributed by atoms with Gasteiger partial charge in [-0.15, -0.1) is 0 Å². The Hall–Kier alpha value is -3.37. The molecule has 4 nitrogen and oxygen atoms in total. The lowest BCUT2D eigenvalue weighted by Crippen LogP contribution is -2.08. The number of halogens is 1. The summed E-state index contributed by atoms with van der Waals surface area (Å²) in [4.78, 5) is 25.2. The predicted octanol–water partition coefficient (Wildman–Crippen LogP) is 5.79. The molecule has 0 atom stereocenters. The molecule has 0 fully saturated rings. The lowest BCUT2D eigenvalue weighted by molar-refractivity contribution is 0.0734. The molecule has 3 aromatic rings. The Morgan fingerprint density at radius 1 is 1.03 bits per heavy atom. The van der Waals surface area contributed by atoms with Crippen LogP contribution in [-0.2, 0) is 0 Å². The van der Waals surface area contributed by atoms with E-state index < -0.39 is 5.97 Å². The highest BCUT2D eigenvalue weighted by Crippen LogP contribution is 2.37. The topological polar surface area (TPSA) is 52.6 Å². The molecular formula is C24H17ClO4. The van der Waals surface area contributed by atoms with Crippen LogP contribution in [0.25, 0.3) is 6.08 Å². The van der Waals surface area contributed by atoms with Crippen LogP contribution in [0.5, 0.6) is 11.5 Å². The zero-order valence-electron chi connectivity index (χ0n) is 15.9. The second kappa shape index (κ2) is 7.57. The maximum Gasteiger partial charge on any atom is 0.343 e. The number of ether oxygens (including phenoxy) is 2. The zero-order chi connectivity index (χ0) is 20.5. The lowest BCUT2D eigenvalue weighted by atomic mass is 10.0. The first-order chi connectivity index (χ1) is 13.9. The summed E-state index contributed by atoms with van der Waals surface area (Å²) in [5.41, 5.74) is 3.47. The van der Waals surface area contributed by atoms with Gasteiger partial charge in [0.05, 0.1) is 11.1 Å². The van der Waals surface area contributed by atoms with Gasteiger partial charge in [-0.1, -0.05) is 47.5 Å². The molecule has 0 N–H and O–H groups in total. The zero-order valence-corrected chi connectivity index (χ0v) is 16.6. The van der Waals surface area contributed by atoms with Gasteiger partial charge in [-0.05, 0) is 55.3 Å². The fourth-order valence-corrected chi connectivity index (χ4v) is 3.42. The van der Waals surface area contributed by atoms with E-state index in [1.807, 2.05) is 31.2 Å². The van der Waals surface area contributed by atoms with Gasteiger partial charge >= 0.3 is 5.97 Å². The van der Waals surface area contributed by atoms with Crippen LogP contribution in [0.15, 0.2) is 66.4 Å². The van der Waals surface area contributed by atoms with Crippen molar-refractivity contribution in [3.05, 3.63) is 99.3 Å². The van der Waals surface area contributed by atoms with Crippen LogP contribution in [0, 0.1) is 13.8 Å². The second-order valence-electron chi connectivity index (χ2n) is 6.87. The number of hydrogen-bond acceptors (Lipinski definition) is 4. The minimum absolute atomic E-state index is 0.188. The van der Waals surface area contributed by atoms with Crippen molar-refractivity contribution >= 4 is 29.4 Å². The Morgan fingerprint density at radius 2 is 1.83 bits per heavy atom. The average Bonchev–Trinajstić information content (AvgIpc) is 2.97. The van der Waals surface area contributed by atoms with Crippen molar-refractivity contribution in [1.82, 2.24) is 0 Å².